The number of carboxylic acid groups (broad SMARTS) is 1. The van der Waals surface area contributed by atoms with E-state index in [1.165, 1.54) is 0 Å². The number of hydrogen-bond donors (Lipinski definition) is 2. The minimum atomic E-state index is -0.875. The van der Waals surface area contributed by atoms with Gasteiger partial charge in [0.05, 0.1) is 11.3 Å². The summed E-state index contributed by atoms with van der Waals surface area (Å²) >= 11 is 5.70. The van der Waals surface area contributed by atoms with Gasteiger partial charge in [-0.25, -0.2) is 14.8 Å². The van der Waals surface area contributed by atoms with Gasteiger partial charge in [0.1, 0.15) is 16.7 Å². The number of benzene rings is 1. The van der Waals surface area contributed by atoms with Gasteiger partial charge in [-0.2, -0.15) is 0 Å². The molecule has 0 aliphatic rings. The zero-order valence-electron chi connectivity index (χ0n) is 11.5. The molecule has 0 fully saturated rings. The second-order valence-corrected chi connectivity index (χ2v) is 4.60. The van der Waals surface area contributed by atoms with E-state index >= 15 is 0 Å². The third kappa shape index (κ3) is 4.51. The predicted octanol–water partition coefficient (Wildman–Crippen LogP) is 3.02. The summed E-state index contributed by atoms with van der Waals surface area (Å²) in [6.07, 6.45) is 0. The fourth-order valence-electron chi connectivity index (χ4n) is 1.42. The Labute approximate surface area is 122 Å². The lowest BCUT2D eigenvalue weighted by Crippen LogP contribution is -1.98. The van der Waals surface area contributed by atoms with Gasteiger partial charge in [-0.05, 0) is 32.9 Å². The van der Waals surface area contributed by atoms with Gasteiger partial charge in [0, 0.05) is 0 Å². The summed E-state index contributed by atoms with van der Waals surface area (Å²) in [5.41, 5.74) is 7.58. The van der Waals surface area contributed by atoms with Gasteiger partial charge in [0.15, 0.2) is 0 Å². The highest BCUT2D eigenvalue weighted by Crippen LogP contribution is 2.18. The molecule has 0 amide bonds. The third-order valence-corrected chi connectivity index (χ3v) is 2.92. The maximum atomic E-state index is 10.3. The molecule has 0 aliphatic heterocycles. The summed E-state index contributed by atoms with van der Waals surface area (Å²) < 4.78 is 0. The Hall–Kier alpha value is -2.14. The second-order valence-electron chi connectivity index (χ2n) is 4.23. The average molecular weight is 294 g/mol. The molecule has 0 bridgehead atoms. The van der Waals surface area contributed by atoms with E-state index in [1.807, 2.05) is 6.92 Å². The summed E-state index contributed by atoms with van der Waals surface area (Å²) in [6, 6.07) is 6.75. The highest BCUT2D eigenvalue weighted by Gasteiger charge is 2.02. The van der Waals surface area contributed by atoms with E-state index in [1.54, 1.807) is 38.1 Å². The van der Waals surface area contributed by atoms with Gasteiger partial charge in [0.25, 0.3) is 0 Å². The molecule has 0 spiro atoms. The Morgan fingerprint density at radius 3 is 2.15 bits per heavy atom. The fourth-order valence-corrected chi connectivity index (χ4v) is 1.51. The van der Waals surface area contributed by atoms with Crippen LogP contribution in [0.3, 0.4) is 0 Å². The predicted molar refractivity (Wildman–Crippen MR) is 79.1 cm³/mol. The monoisotopic (exact) mass is 293 g/mol. The molecule has 2 aromatic rings. The molecule has 0 radical (unpaired) electrons. The number of nitrogens with zero attached hydrogens (tertiary/aromatic N) is 2. The van der Waals surface area contributed by atoms with Crippen molar-refractivity contribution >= 4 is 23.4 Å². The Morgan fingerprint density at radius 1 is 1.15 bits per heavy atom. The lowest BCUT2D eigenvalue weighted by molar-refractivity contribution is 0.0697. The van der Waals surface area contributed by atoms with E-state index in [2.05, 4.69) is 9.97 Å². The molecule has 0 atom stereocenters. The van der Waals surface area contributed by atoms with Gasteiger partial charge in [0.2, 0.25) is 0 Å². The van der Waals surface area contributed by atoms with E-state index in [9.17, 15) is 4.79 Å². The molecule has 1 aromatic heterocycles. The number of aromatic nitrogens is 2. The molecular formula is C14H16ClN3O2. The SMILES string of the molecule is Cc1ccc(C(=O)O)cc1.Cc1nc(C)c(Cl)c(N)n1. The number of nitrogens with two attached hydrogens (primary N) is 1. The third-order valence-electron chi connectivity index (χ3n) is 2.45. The van der Waals surface area contributed by atoms with Crippen LogP contribution in [0.1, 0.15) is 27.4 Å². The number of nitrogen functional groups attached to an aromatic ring is 1. The lowest BCUT2D eigenvalue weighted by atomic mass is 10.2. The summed E-state index contributed by atoms with van der Waals surface area (Å²) in [5, 5.41) is 8.93. The number of rotatable bonds is 1. The standard InChI is InChI=1S/C8H8O2.C6H8ClN3/c1-6-2-4-7(5-3-6)8(9)10;1-3-5(7)6(8)10-4(2)9-3/h2-5H,1H3,(H,9,10);1-2H3,(H2,8,9,10). The zero-order chi connectivity index (χ0) is 15.3. The number of anilines is 1. The van der Waals surface area contributed by atoms with Crippen molar-refractivity contribution in [1.82, 2.24) is 9.97 Å². The molecule has 20 heavy (non-hydrogen) atoms. The summed E-state index contributed by atoms with van der Waals surface area (Å²) in [5.74, 6) is 0.131. The van der Waals surface area contributed by atoms with Crippen molar-refractivity contribution in [2.45, 2.75) is 20.8 Å². The minimum absolute atomic E-state index is 0.339. The first-order chi connectivity index (χ1) is 9.31. The number of carbonyl (C=O) groups is 1. The number of halogens is 1. The summed E-state index contributed by atoms with van der Waals surface area (Å²) in [4.78, 5) is 18.2. The molecule has 0 saturated heterocycles. The van der Waals surface area contributed by atoms with Gasteiger partial charge in [-0.1, -0.05) is 29.3 Å². The largest absolute Gasteiger partial charge is 0.478 e. The molecule has 0 unspecified atom stereocenters. The Kier molecular flexibility index (Phi) is 5.46. The Balaban J connectivity index is 0.000000200. The van der Waals surface area contributed by atoms with E-state index in [-0.39, 0.29) is 0 Å². The van der Waals surface area contributed by atoms with Crippen molar-refractivity contribution in [2.24, 2.45) is 0 Å². The van der Waals surface area contributed by atoms with Crippen LogP contribution in [0.2, 0.25) is 5.02 Å². The highest BCUT2D eigenvalue weighted by molar-refractivity contribution is 6.33. The molecular weight excluding hydrogens is 278 g/mol. The van der Waals surface area contributed by atoms with E-state index < -0.39 is 5.97 Å². The van der Waals surface area contributed by atoms with Crippen LogP contribution in [-0.2, 0) is 0 Å². The molecule has 106 valence electrons. The number of aryl methyl sites for hydroxylation is 3. The van der Waals surface area contributed by atoms with Crippen molar-refractivity contribution in [3.63, 3.8) is 0 Å². The molecule has 2 rings (SSSR count). The summed E-state index contributed by atoms with van der Waals surface area (Å²) in [6.45, 7) is 5.50. The normalized spacial score (nSPS) is 9.60. The first-order valence-electron chi connectivity index (χ1n) is 5.87. The number of carboxylic acids is 1. The van der Waals surface area contributed by atoms with E-state index in [4.69, 9.17) is 22.4 Å². The molecule has 1 aromatic carbocycles. The molecule has 1 heterocycles. The van der Waals surface area contributed by atoms with Gasteiger partial charge >= 0.3 is 5.97 Å². The fraction of sp³-hybridized carbons (Fsp3) is 0.214. The van der Waals surface area contributed by atoms with Crippen molar-refractivity contribution in [3.05, 3.63) is 51.9 Å². The minimum Gasteiger partial charge on any atom is -0.478 e. The molecule has 0 aliphatic carbocycles. The van der Waals surface area contributed by atoms with Gasteiger partial charge in [-0.15, -0.1) is 0 Å². The van der Waals surface area contributed by atoms with Crippen LogP contribution in [0, 0.1) is 20.8 Å². The Morgan fingerprint density at radius 2 is 1.70 bits per heavy atom. The van der Waals surface area contributed by atoms with Crippen LogP contribution in [0.5, 0.6) is 0 Å². The molecule has 0 saturated carbocycles. The van der Waals surface area contributed by atoms with Crippen molar-refractivity contribution in [2.75, 3.05) is 5.73 Å². The van der Waals surface area contributed by atoms with E-state index in [0.29, 0.717) is 22.2 Å². The van der Waals surface area contributed by atoms with E-state index in [0.717, 1.165) is 11.3 Å². The van der Waals surface area contributed by atoms with Crippen molar-refractivity contribution in [1.29, 1.82) is 0 Å². The number of aromatic carboxylic acids is 1. The van der Waals surface area contributed by atoms with Crippen molar-refractivity contribution in [3.8, 4) is 0 Å². The second kappa shape index (κ2) is 6.86. The first-order valence-corrected chi connectivity index (χ1v) is 6.25. The molecule has 3 N–H and O–H groups in total. The van der Waals surface area contributed by atoms with Crippen LogP contribution >= 0.6 is 11.6 Å². The smallest absolute Gasteiger partial charge is 0.335 e. The lowest BCUT2D eigenvalue weighted by Gasteiger charge is -2.00. The van der Waals surface area contributed by atoms with Crippen LogP contribution in [0.4, 0.5) is 5.82 Å². The molecule has 5 nitrogen and oxygen atoms in total. The topological polar surface area (TPSA) is 89.1 Å². The van der Waals surface area contributed by atoms with Gasteiger partial charge < -0.3 is 10.8 Å². The maximum Gasteiger partial charge on any atom is 0.335 e. The van der Waals surface area contributed by atoms with Crippen LogP contribution in [0.25, 0.3) is 0 Å². The zero-order valence-corrected chi connectivity index (χ0v) is 12.3. The maximum absolute atomic E-state index is 10.3. The first kappa shape index (κ1) is 15.9. The molecule has 6 heteroatoms. The van der Waals surface area contributed by atoms with Crippen LogP contribution < -0.4 is 5.73 Å². The van der Waals surface area contributed by atoms with Gasteiger partial charge in [-0.3, -0.25) is 0 Å². The summed E-state index contributed by atoms with van der Waals surface area (Å²) in [7, 11) is 0. The Bertz CT molecular complexity index is 589. The average Bonchev–Trinajstić information content (AvgIpc) is 2.37. The van der Waals surface area contributed by atoms with Crippen LogP contribution in [-0.4, -0.2) is 21.0 Å². The van der Waals surface area contributed by atoms with Crippen molar-refractivity contribution < 1.29 is 9.90 Å². The van der Waals surface area contributed by atoms with Crippen LogP contribution in [0.15, 0.2) is 24.3 Å². The highest BCUT2D eigenvalue weighted by atomic mass is 35.5. The quantitative estimate of drug-likeness (QED) is 0.843. The number of hydrogen-bond acceptors (Lipinski definition) is 4.